The largest absolute Gasteiger partial charge is 0.329 e. The van der Waals surface area contributed by atoms with Crippen molar-refractivity contribution >= 4 is 38.7 Å². The van der Waals surface area contributed by atoms with Crippen molar-refractivity contribution in [2.45, 2.75) is 13.5 Å². The van der Waals surface area contributed by atoms with Gasteiger partial charge in [-0.3, -0.25) is 14.3 Å². The minimum Gasteiger partial charge on any atom is -0.312 e. The summed E-state index contributed by atoms with van der Waals surface area (Å²) in [5.74, 6) is 1.03. The summed E-state index contributed by atoms with van der Waals surface area (Å²) >= 11 is 3.45. The molecule has 24 heavy (non-hydrogen) atoms. The molecule has 124 valence electrons. The number of benzene rings is 1. The predicted octanol–water partition coefficient (Wildman–Crippen LogP) is 1.97. The molecule has 0 bridgehead atoms. The van der Waals surface area contributed by atoms with Crippen LogP contribution < -0.4 is 16.1 Å². The summed E-state index contributed by atoms with van der Waals surface area (Å²) in [5, 5.41) is 0. The van der Waals surface area contributed by atoms with Crippen LogP contribution in [0.25, 0.3) is 11.2 Å². The molecule has 0 saturated heterocycles. The number of aromatic nitrogens is 4. The van der Waals surface area contributed by atoms with Crippen molar-refractivity contribution in [3.8, 4) is 0 Å². The molecule has 2 aromatic heterocycles. The first kappa shape index (κ1) is 15.2. The number of rotatable bonds is 1. The van der Waals surface area contributed by atoms with E-state index in [1.165, 1.54) is 4.57 Å². The van der Waals surface area contributed by atoms with Gasteiger partial charge in [0.25, 0.3) is 5.56 Å². The van der Waals surface area contributed by atoms with Crippen molar-refractivity contribution in [1.82, 2.24) is 19.1 Å². The normalized spacial score (nSPS) is 17.3. The Balaban J connectivity index is 2.00. The molecule has 3 heterocycles. The van der Waals surface area contributed by atoms with Gasteiger partial charge < -0.3 is 9.47 Å². The molecule has 1 atom stereocenters. The van der Waals surface area contributed by atoms with Gasteiger partial charge >= 0.3 is 5.69 Å². The fourth-order valence-electron chi connectivity index (χ4n) is 3.21. The first-order valence-corrected chi connectivity index (χ1v) is 8.47. The lowest BCUT2D eigenvalue weighted by molar-refractivity contribution is 0.458. The van der Waals surface area contributed by atoms with Crippen LogP contribution in [-0.4, -0.2) is 25.6 Å². The second kappa shape index (κ2) is 5.34. The van der Waals surface area contributed by atoms with Crippen LogP contribution >= 0.6 is 15.9 Å². The number of hydrogen-bond acceptors (Lipinski definition) is 4. The van der Waals surface area contributed by atoms with E-state index in [4.69, 9.17) is 0 Å². The first-order valence-electron chi connectivity index (χ1n) is 7.68. The van der Waals surface area contributed by atoms with E-state index in [2.05, 4.69) is 37.7 Å². The van der Waals surface area contributed by atoms with Crippen molar-refractivity contribution in [3.05, 3.63) is 49.6 Å². The summed E-state index contributed by atoms with van der Waals surface area (Å²) in [6.45, 7) is 3.63. The Morgan fingerprint density at radius 1 is 1.21 bits per heavy atom. The van der Waals surface area contributed by atoms with Crippen LogP contribution in [0.2, 0.25) is 0 Å². The van der Waals surface area contributed by atoms with Crippen molar-refractivity contribution in [2.24, 2.45) is 13.0 Å². The molecule has 0 spiro atoms. The summed E-state index contributed by atoms with van der Waals surface area (Å²) in [7, 11) is 1.62. The van der Waals surface area contributed by atoms with E-state index in [0.29, 0.717) is 29.6 Å². The fourth-order valence-corrected chi connectivity index (χ4v) is 3.47. The lowest BCUT2D eigenvalue weighted by Gasteiger charge is -2.32. The molecule has 1 aliphatic rings. The van der Waals surface area contributed by atoms with Crippen LogP contribution in [-0.2, 0) is 13.6 Å². The second-order valence-corrected chi connectivity index (χ2v) is 7.12. The summed E-state index contributed by atoms with van der Waals surface area (Å²) in [6.07, 6.45) is 0. The minimum absolute atomic E-state index is 0.343. The standard InChI is InChI=1S/C16H16BrN5O2/c1-9-7-21(11-5-3-10(17)4-6-11)15-18-13-12(22(15)8-9)14(23)19-16(24)20(13)2/h3-6,9H,7-8H2,1-2H3,(H,19,23,24)/t9-/m0/s1. The van der Waals surface area contributed by atoms with E-state index in [-0.39, 0.29) is 0 Å². The Morgan fingerprint density at radius 3 is 2.62 bits per heavy atom. The number of aryl methyl sites for hydroxylation is 1. The number of nitrogens with one attached hydrogen (secondary N) is 1. The molecular formula is C16H16BrN5O2. The van der Waals surface area contributed by atoms with E-state index in [9.17, 15) is 9.59 Å². The molecule has 0 unspecified atom stereocenters. The van der Waals surface area contributed by atoms with Crippen LogP contribution in [0.3, 0.4) is 0 Å². The van der Waals surface area contributed by atoms with E-state index >= 15 is 0 Å². The third-order valence-corrected chi connectivity index (χ3v) is 4.88. The van der Waals surface area contributed by atoms with Crippen LogP contribution in [0.4, 0.5) is 11.6 Å². The number of imidazole rings is 1. The molecule has 8 heteroatoms. The molecule has 1 N–H and O–H groups in total. The summed E-state index contributed by atoms with van der Waals surface area (Å²) in [6, 6.07) is 7.97. The molecule has 1 aromatic carbocycles. The third kappa shape index (κ3) is 2.21. The van der Waals surface area contributed by atoms with Gasteiger partial charge in [0.2, 0.25) is 5.95 Å². The van der Waals surface area contributed by atoms with Gasteiger partial charge in [0.15, 0.2) is 11.2 Å². The number of H-pyrrole nitrogens is 1. The highest BCUT2D eigenvalue weighted by atomic mass is 79.9. The Bertz CT molecular complexity index is 1050. The topological polar surface area (TPSA) is 75.9 Å². The van der Waals surface area contributed by atoms with Gasteiger partial charge in [0.1, 0.15) is 0 Å². The monoisotopic (exact) mass is 389 g/mol. The van der Waals surface area contributed by atoms with Crippen molar-refractivity contribution in [3.63, 3.8) is 0 Å². The second-order valence-electron chi connectivity index (χ2n) is 6.21. The van der Waals surface area contributed by atoms with Crippen molar-refractivity contribution in [1.29, 1.82) is 0 Å². The molecule has 0 fully saturated rings. The highest BCUT2D eigenvalue weighted by Crippen LogP contribution is 2.33. The number of anilines is 2. The molecule has 0 radical (unpaired) electrons. The quantitative estimate of drug-likeness (QED) is 0.690. The third-order valence-electron chi connectivity index (χ3n) is 4.36. The Hall–Kier alpha value is -2.35. The van der Waals surface area contributed by atoms with Crippen LogP contribution in [0.5, 0.6) is 0 Å². The zero-order chi connectivity index (χ0) is 17.0. The van der Waals surface area contributed by atoms with Crippen molar-refractivity contribution in [2.75, 3.05) is 11.4 Å². The van der Waals surface area contributed by atoms with Gasteiger partial charge in [0, 0.05) is 30.3 Å². The van der Waals surface area contributed by atoms with E-state index in [1.807, 2.05) is 28.8 Å². The summed E-state index contributed by atoms with van der Waals surface area (Å²) < 4.78 is 4.29. The smallest absolute Gasteiger partial charge is 0.312 e. The zero-order valence-electron chi connectivity index (χ0n) is 13.3. The molecular weight excluding hydrogens is 374 g/mol. The van der Waals surface area contributed by atoms with Crippen LogP contribution in [0, 0.1) is 5.92 Å². The number of hydrogen-bond donors (Lipinski definition) is 1. The van der Waals surface area contributed by atoms with Gasteiger partial charge in [-0.1, -0.05) is 22.9 Å². The molecule has 0 saturated carbocycles. The SMILES string of the molecule is C[C@H]1CN(c2ccc(Br)cc2)c2nc3c(c(=O)[nH]c(=O)n3C)n2C1. The van der Waals surface area contributed by atoms with Gasteiger partial charge in [-0.05, 0) is 30.2 Å². The molecule has 7 nitrogen and oxygen atoms in total. The minimum atomic E-state index is -0.453. The lowest BCUT2D eigenvalue weighted by Crippen LogP contribution is -2.35. The van der Waals surface area contributed by atoms with Gasteiger partial charge in [-0.2, -0.15) is 4.98 Å². The average molecular weight is 390 g/mol. The number of fused-ring (bicyclic) bond motifs is 3. The van der Waals surface area contributed by atoms with E-state index < -0.39 is 11.2 Å². The molecule has 0 amide bonds. The summed E-state index contributed by atoms with van der Waals surface area (Å²) in [4.78, 5) is 33.2. The molecule has 3 aromatic rings. The fraction of sp³-hybridized carbons (Fsp3) is 0.312. The Morgan fingerprint density at radius 2 is 1.92 bits per heavy atom. The van der Waals surface area contributed by atoms with Crippen LogP contribution in [0.15, 0.2) is 38.3 Å². The number of halogens is 1. The zero-order valence-corrected chi connectivity index (χ0v) is 14.9. The molecule has 0 aliphatic carbocycles. The lowest BCUT2D eigenvalue weighted by atomic mass is 10.1. The molecule has 1 aliphatic heterocycles. The van der Waals surface area contributed by atoms with Gasteiger partial charge in [0.05, 0.1) is 0 Å². The number of nitrogens with zero attached hydrogens (tertiary/aromatic N) is 4. The average Bonchev–Trinajstić information content (AvgIpc) is 2.92. The number of aromatic amines is 1. The Kier molecular flexibility index (Phi) is 3.38. The summed E-state index contributed by atoms with van der Waals surface area (Å²) in [5.41, 5.74) is 1.02. The molecule has 4 rings (SSSR count). The van der Waals surface area contributed by atoms with E-state index in [1.54, 1.807) is 7.05 Å². The maximum absolute atomic E-state index is 12.3. The maximum atomic E-state index is 12.3. The van der Waals surface area contributed by atoms with Crippen LogP contribution in [0.1, 0.15) is 6.92 Å². The highest BCUT2D eigenvalue weighted by Gasteiger charge is 2.28. The predicted molar refractivity (Wildman–Crippen MR) is 95.9 cm³/mol. The van der Waals surface area contributed by atoms with Gasteiger partial charge in [-0.25, -0.2) is 4.79 Å². The van der Waals surface area contributed by atoms with E-state index in [0.717, 1.165) is 16.7 Å². The Labute approximate surface area is 145 Å². The highest BCUT2D eigenvalue weighted by molar-refractivity contribution is 9.10. The maximum Gasteiger partial charge on any atom is 0.329 e. The van der Waals surface area contributed by atoms with Gasteiger partial charge in [-0.15, -0.1) is 0 Å². The van der Waals surface area contributed by atoms with Crippen molar-refractivity contribution < 1.29 is 0 Å². The first-order chi connectivity index (χ1) is 11.5.